The zero-order valence-corrected chi connectivity index (χ0v) is 17.9. The Hall–Kier alpha value is -2.28. The largest absolute Gasteiger partial charge is 0.489 e. The van der Waals surface area contributed by atoms with Gasteiger partial charge in [-0.15, -0.1) is 11.3 Å². The molecule has 1 aromatic carbocycles. The molecule has 0 radical (unpaired) electrons. The lowest BCUT2D eigenvalue weighted by Crippen LogP contribution is -2.42. The molecule has 1 saturated heterocycles. The molecule has 1 aliphatic heterocycles. The molecule has 3 rings (SSSR count). The maximum absolute atomic E-state index is 5.96. The van der Waals surface area contributed by atoms with Crippen molar-refractivity contribution in [1.29, 1.82) is 0 Å². The topological polar surface area (TPSA) is 61.8 Å². The first-order valence-electron chi connectivity index (χ1n) is 10.0. The number of guanidine groups is 1. The lowest BCUT2D eigenvalue weighted by Gasteiger charge is -2.18. The van der Waals surface area contributed by atoms with Gasteiger partial charge >= 0.3 is 0 Å². The third-order valence-corrected chi connectivity index (χ3v) is 5.65. The van der Waals surface area contributed by atoms with Crippen LogP contribution in [0.2, 0.25) is 0 Å². The number of aryl methyl sites for hydroxylation is 1. The van der Waals surface area contributed by atoms with Gasteiger partial charge in [0, 0.05) is 38.5 Å². The van der Waals surface area contributed by atoms with Crippen LogP contribution in [-0.4, -0.2) is 50.3 Å². The van der Waals surface area contributed by atoms with Crippen molar-refractivity contribution in [3.63, 3.8) is 0 Å². The summed E-state index contributed by atoms with van der Waals surface area (Å²) in [5, 5.41) is 10.0. The third kappa shape index (κ3) is 6.12. The summed E-state index contributed by atoms with van der Waals surface area (Å²) in [7, 11) is 1.79. The number of aromatic nitrogens is 1. The molecule has 0 aliphatic carbocycles. The number of anilines is 1. The molecule has 0 spiro atoms. The number of nitrogens with one attached hydrogen (secondary N) is 2. The van der Waals surface area contributed by atoms with Crippen molar-refractivity contribution in [3.8, 4) is 5.75 Å². The molecular weight excluding hydrogens is 370 g/mol. The van der Waals surface area contributed by atoms with Crippen LogP contribution in [0.5, 0.6) is 5.75 Å². The Bertz CT molecular complexity index is 770. The first-order chi connectivity index (χ1) is 13.6. The first-order valence-corrected chi connectivity index (χ1v) is 10.9. The summed E-state index contributed by atoms with van der Waals surface area (Å²) in [5.41, 5.74) is 2.34. The van der Waals surface area contributed by atoms with Crippen molar-refractivity contribution >= 4 is 22.4 Å². The number of rotatable bonds is 8. The molecule has 152 valence electrons. The van der Waals surface area contributed by atoms with E-state index in [1.807, 2.05) is 18.2 Å². The van der Waals surface area contributed by atoms with Gasteiger partial charge in [-0.25, -0.2) is 4.98 Å². The summed E-state index contributed by atoms with van der Waals surface area (Å²) >= 11 is 1.75. The van der Waals surface area contributed by atoms with Crippen LogP contribution in [-0.2, 0) is 6.42 Å². The van der Waals surface area contributed by atoms with Crippen LogP contribution in [0.4, 0.5) is 5.13 Å². The van der Waals surface area contributed by atoms with Crippen molar-refractivity contribution in [2.45, 2.75) is 39.2 Å². The Kier molecular flexibility index (Phi) is 7.54. The van der Waals surface area contributed by atoms with E-state index in [9.17, 15) is 0 Å². The van der Waals surface area contributed by atoms with E-state index in [0.717, 1.165) is 48.6 Å². The van der Waals surface area contributed by atoms with Crippen LogP contribution >= 0.6 is 11.3 Å². The minimum Gasteiger partial charge on any atom is -0.489 e. The summed E-state index contributed by atoms with van der Waals surface area (Å²) in [6, 6.07) is 8.12. The minimum absolute atomic E-state index is 0.0434. The molecule has 2 N–H and O–H groups in total. The number of ether oxygens (including phenoxy) is 1. The predicted molar refractivity (Wildman–Crippen MR) is 118 cm³/mol. The fourth-order valence-electron chi connectivity index (χ4n) is 3.20. The highest BCUT2D eigenvalue weighted by molar-refractivity contribution is 7.13. The normalized spacial score (nSPS) is 15.5. The average Bonchev–Trinajstić information content (AvgIpc) is 3.36. The number of thiazole rings is 1. The van der Waals surface area contributed by atoms with Crippen molar-refractivity contribution in [2.24, 2.45) is 4.99 Å². The average molecular weight is 402 g/mol. The summed E-state index contributed by atoms with van der Waals surface area (Å²) in [4.78, 5) is 11.4. The van der Waals surface area contributed by atoms with E-state index in [1.54, 1.807) is 18.4 Å². The van der Waals surface area contributed by atoms with Gasteiger partial charge in [0.1, 0.15) is 11.9 Å². The highest BCUT2D eigenvalue weighted by Crippen LogP contribution is 2.24. The fraction of sp³-hybridized carbons (Fsp3) is 0.524. The van der Waals surface area contributed by atoms with Crippen molar-refractivity contribution in [3.05, 3.63) is 40.9 Å². The van der Waals surface area contributed by atoms with Crippen LogP contribution in [0.25, 0.3) is 0 Å². The number of benzene rings is 1. The Morgan fingerprint density at radius 1 is 1.32 bits per heavy atom. The lowest BCUT2D eigenvalue weighted by atomic mass is 10.2. The van der Waals surface area contributed by atoms with Crippen molar-refractivity contribution < 1.29 is 4.74 Å². The van der Waals surface area contributed by atoms with Gasteiger partial charge in [0.25, 0.3) is 0 Å². The van der Waals surface area contributed by atoms with Crippen LogP contribution in [0, 0.1) is 6.92 Å². The van der Waals surface area contributed by atoms with Crippen LogP contribution < -0.4 is 20.3 Å². The zero-order chi connectivity index (χ0) is 19.8. The van der Waals surface area contributed by atoms with Gasteiger partial charge in [0.05, 0.1) is 12.2 Å². The Balaban J connectivity index is 1.37. The molecule has 0 amide bonds. The molecule has 1 aromatic heterocycles. The Morgan fingerprint density at radius 3 is 2.89 bits per heavy atom. The van der Waals surface area contributed by atoms with Gasteiger partial charge in [-0.3, -0.25) is 4.99 Å². The van der Waals surface area contributed by atoms with Gasteiger partial charge in [-0.2, -0.15) is 0 Å². The van der Waals surface area contributed by atoms with Crippen molar-refractivity contribution in [1.82, 2.24) is 15.6 Å². The second kappa shape index (κ2) is 10.3. The molecule has 0 saturated carbocycles. The van der Waals surface area contributed by atoms with Gasteiger partial charge < -0.3 is 20.3 Å². The van der Waals surface area contributed by atoms with E-state index in [4.69, 9.17) is 9.72 Å². The van der Waals surface area contributed by atoms with E-state index in [2.05, 4.69) is 45.8 Å². The molecular formula is C21H31N5OS. The lowest BCUT2D eigenvalue weighted by molar-refractivity contribution is 0.223. The molecule has 1 atom stereocenters. The summed E-state index contributed by atoms with van der Waals surface area (Å²) in [6.07, 6.45) is 3.50. The second-order valence-corrected chi connectivity index (χ2v) is 8.03. The number of aliphatic imine (C=N–C) groups is 1. The van der Waals surface area contributed by atoms with Crippen LogP contribution in [0.1, 0.15) is 31.0 Å². The molecule has 1 fully saturated rings. The molecule has 2 heterocycles. The molecule has 6 nitrogen and oxygen atoms in total. The Labute approximate surface area is 172 Å². The summed E-state index contributed by atoms with van der Waals surface area (Å²) in [6.45, 7) is 7.89. The number of nitrogens with zero attached hydrogens (tertiary/aromatic N) is 3. The molecule has 2 aromatic rings. The highest BCUT2D eigenvalue weighted by atomic mass is 32.1. The Morgan fingerprint density at radius 2 is 2.14 bits per heavy atom. The van der Waals surface area contributed by atoms with Gasteiger partial charge in [0.2, 0.25) is 0 Å². The molecule has 0 bridgehead atoms. The standard InChI is InChI=1S/C21H31N5OS/c1-16-7-6-8-19(13-16)27-17(2)14-24-20(22-3)23-10-9-18-15-28-21(25-18)26-11-4-5-12-26/h6-8,13,15,17H,4-5,9-12,14H2,1-3H3,(H2,22,23,24). The van der Waals surface area contributed by atoms with Gasteiger partial charge in [0.15, 0.2) is 11.1 Å². The molecule has 1 unspecified atom stereocenters. The highest BCUT2D eigenvalue weighted by Gasteiger charge is 2.15. The zero-order valence-electron chi connectivity index (χ0n) is 17.1. The minimum atomic E-state index is 0.0434. The maximum atomic E-state index is 5.96. The van der Waals surface area contributed by atoms with E-state index < -0.39 is 0 Å². The van der Waals surface area contributed by atoms with E-state index in [0.29, 0.717) is 6.54 Å². The maximum Gasteiger partial charge on any atom is 0.191 e. The molecule has 28 heavy (non-hydrogen) atoms. The fourth-order valence-corrected chi connectivity index (χ4v) is 4.11. The number of hydrogen-bond acceptors (Lipinski definition) is 5. The quantitative estimate of drug-likeness (QED) is 0.525. The smallest absolute Gasteiger partial charge is 0.191 e. The van der Waals surface area contributed by atoms with Crippen molar-refractivity contribution in [2.75, 3.05) is 38.1 Å². The molecule has 1 aliphatic rings. The van der Waals surface area contributed by atoms with Crippen LogP contribution in [0.3, 0.4) is 0 Å². The first kappa shape index (κ1) is 20.5. The second-order valence-electron chi connectivity index (χ2n) is 7.19. The van der Waals surface area contributed by atoms with E-state index in [1.165, 1.54) is 18.4 Å². The number of hydrogen-bond donors (Lipinski definition) is 2. The van der Waals surface area contributed by atoms with E-state index in [-0.39, 0.29) is 6.10 Å². The molecule has 7 heteroatoms. The van der Waals surface area contributed by atoms with E-state index >= 15 is 0 Å². The van der Waals surface area contributed by atoms with Gasteiger partial charge in [-0.05, 0) is 44.4 Å². The SMILES string of the molecule is CN=C(NCCc1csc(N2CCCC2)n1)NCC(C)Oc1cccc(C)c1. The van der Waals surface area contributed by atoms with Gasteiger partial charge in [-0.1, -0.05) is 12.1 Å². The monoisotopic (exact) mass is 401 g/mol. The third-order valence-electron chi connectivity index (χ3n) is 4.70. The van der Waals surface area contributed by atoms with Crippen LogP contribution in [0.15, 0.2) is 34.6 Å². The summed E-state index contributed by atoms with van der Waals surface area (Å²) in [5.74, 6) is 1.68. The predicted octanol–water partition coefficient (Wildman–Crippen LogP) is 3.23. The summed E-state index contributed by atoms with van der Waals surface area (Å²) < 4.78 is 5.96.